The summed E-state index contributed by atoms with van der Waals surface area (Å²) in [6.45, 7) is 0.557. The van der Waals surface area contributed by atoms with Crippen LogP contribution in [0.15, 0.2) is 60.9 Å². The largest absolute Gasteiger partial charge is 0.330 e. The van der Waals surface area contributed by atoms with Crippen LogP contribution in [0.3, 0.4) is 0 Å². The molecule has 5 heteroatoms. The number of benzene rings is 1. The molecular formula is C20H18ClN3O. The fraction of sp³-hybridized carbons (Fsp3) is 0.200. The van der Waals surface area contributed by atoms with Crippen LogP contribution in [-0.4, -0.2) is 26.2 Å². The van der Waals surface area contributed by atoms with E-state index in [1.54, 1.807) is 12.2 Å². The molecule has 1 amide bonds. The Kier molecular flexibility index (Phi) is 4.28. The van der Waals surface area contributed by atoms with E-state index in [0.717, 1.165) is 29.7 Å². The van der Waals surface area contributed by atoms with Crippen molar-refractivity contribution in [3.63, 3.8) is 0 Å². The highest BCUT2D eigenvalue weighted by Gasteiger charge is 2.32. The molecule has 1 aromatic carbocycles. The second-order valence-corrected chi connectivity index (χ2v) is 6.64. The Bertz CT molecular complexity index is 943. The number of hydrogen-bond donors (Lipinski definition) is 0. The van der Waals surface area contributed by atoms with Gasteiger partial charge in [0.2, 0.25) is 5.91 Å². The number of carbonyl (C=O) groups is 1. The van der Waals surface area contributed by atoms with Crippen LogP contribution in [0.2, 0.25) is 5.02 Å². The molecule has 0 atom stereocenters. The van der Waals surface area contributed by atoms with Crippen molar-refractivity contribution in [2.45, 2.75) is 25.4 Å². The molecule has 4 rings (SSSR count). The van der Waals surface area contributed by atoms with Crippen molar-refractivity contribution in [3.8, 4) is 0 Å². The molecule has 1 aliphatic rings. The number of pyridine rings is 1. The molecule has 1 aliphatic carbocycles. The lowest BCUT2D eigenvalue weighted by molar-refractivity contribution is -0.127. The number of amides is 1. The fourth-order valence-corrected chi connectivity index (χ4v) is 3.12. The first kappa shape index (κ1) is 15.9. The lowest BCUT2D eigenvalue weighted by atomic mass is 10.2. The predicted octanol–water partition coefficient (Wildman–Crippen LogP) is 4.19. The molecule has 0 radical (unpaired) electrons. The van der Waals surface area contributed by atoms with Crippen molar-refractivity contribution in [1.82, 2.24) is 14.3 Å². The third-order valence-electron chi connectivity index (χ3n) is 4.41. The molecule has 0 bridgehead atoms. The Hall–Kier alpha value is -2.59. The van der Waals surface area contributed by atoms with E-state index < -0.39 is 0 Å². The molecule has 2 aromatic heterocycles. The summed E-state index contributed by atoms with van der Waals surface area (Å²) in [6.07, 6.45) is 9.34. The molecule has 1 saturated carbocycles. The van der Waals surface area contributed by atoms with E-state index in [1.807, 2.05) is 64.2 Å². The number of carbonyl (C=O) groups excluding carboxylic acids is 1. The number of halogens is 1. The zero-order chi connectivity index (χ0) is 17.2. The Morgan fingerprint density at radius 1 is 1.24 bits per heavy atom. The van der Waals surface area contributed by atoms with E-state index in [4.69, 9.17) is 11.6 Å². The van der Waals surface area contributed by atoms with Gasteiger partial charge in [-0.1, -0.05) is 35.9 Å². The Morgan fingerprint density at radius 2 is 2.04 bits per heavy atom. The second-order valence-electron chi connectivity index (χ2n) is 6.23. The Morgan fingerprint density at radius 3 is 2.84 bits per heavy atom. The van der Waals surface area contributed by atoms with Gasteiger partial charge in [0.1, 0.15) is 5.65 Å². The predicted molar refractivity (Wildman–Crippen MR) is 99.3 cm³/mol. The van der Waals surface area contributed by atoms with Crippen molar-refractivity contribution in [3.05, 3.63) is 77.2 Å². The van der Waals surface area contributed by atoms with Crippen LogP contribution in [0, 0.1) is 0 Å². The molecule has 0 spiro atoms. The van der Waals surface area contributed by atoms with Crippen LogP contribution in [0.5, 0.6) is 0 Å². The van der Waals surface area contributed by atoms with E-state index in [0.29, 0.717) is 17.6 Å². The SMILES string of the molecule is O=C(C=Cc1ccccc1Cl)N(Cc1cnc2ccccn12)C1CC1. The van der Waals surface area contributed by atoms with Crippen molar-refractivity contribution >= 4 is 29.2 Å². The molecule has 126 valence electrons. The molecule has 0 aliphatic heterocycles. The molecule has 4 nitrogen and oxygen atoms in total. The highest BCUT2D eigenvalue weighted by molar-refractivity contribution is 6.32. The summed E-state index contributed by atoms with van der Waals surface area (Å²) in [7, 11) is 0. The van der Waals surface area contributed by atoms with Gasteiger partial charge in [-0.25, -0.2) is 4.98 Å². The fourth-order valence-electron chi connectivity index (χ4n) is 2.92. The Balaban J connectivity index is 1.55. The first-order valence-corrected chi connectivity index (χ1v) is 8.74. The van der Waals surface area contributed by atoms with Gasteiger partial charge in [0, 0.05) is 23.3 Å². The number of hydrogen-bond acceptors (Lipinski definition) is 2. The lowest BCUT2D eigenvalue weighted by Gasteiger charge is -2.20. The van der Waals surface area contributed by atoms with E-state index in [2.05, 4.69) is 4.98 Å². The highest BCUT2D eigenvalue weighted by Crippen LogP contribution is 2.29. The summed E-state index contributed by atoms with van der Waals surface area (Å²) in [5.74, 6) is 0.00769. The van der Waals surface area contributed by atoms with Gasteiger partial charge in [-0.15, -0.1) is 0 Å². The van der Waals surface area contributed by atoms with E-state index >= 15 is 0 Å². The molecule has 3 aromatic rings. The van der Waals surface area contributed by atoms with Crippen LogP contribution in [0.25, 0.3) is 11.7 Å². The molecule has 0 unspecified atom stereocenters. The zero-order valence-corrected chi connectivity index (χ0v) is 14.4. The maximum absolute atomic E-state index is 12.7. The first-order chi connectivity index (χ1) is 12.2. The summed E-state index contributed by atoms with van der Waals surface area (Å²) < 4.78 is 2.03. The zero-order valence-electron chi connectivity index (χ0n) is 13.7. The average molecular weight is 352 g/mol. The van der Waals surface area contributed by atoms with E-state index in [9.17, 15) is 4.79 Å². The van der Waals surface area contributed by atoms with Gasteiger partial charge in [0.05, 0.1) is 18.4 Å². The van der Waals surface area contributed by atoms with Gasteiger partial charge >= 0.3 is 0 Å². The van der Waals surface area contributed by atoms with Gasteiger partial charge in [-0.3, -0.25) is 4.79 Å². The number of rotatable bonds is 5. The smallest absolute Gasteiger partial charge is 0.247 e. The molecular weight excluding hydrogens is 334 g/mol. The van der Waals surface area contributed by atoms with Crippen LogP contribution < -0.4 is 0 Å². The molecule has 0 saturated heterocycles. The van der Waals surface area contributed by atoms with Crippen LogP contribution in [0.4, 0.5) is 0 Å². The number of aromatic nitrogens is 2. The average Bonchev–Trinajstić information content (AvgIpc) is 3.39. The highest BCUT2D eigenvalue weighted by atomic mass is 35.5. The third kappa shape index (κ3) is 3.44. The molecule has 1 fully saturated rings. The standard InChI is InChI=1S/C20H18ClN3O/c21-18-6-2-1-5-15(18)8-11-20(25)24(16-9-10-16)14-17-13-22-19-7-3-4-12-23(17)19/h1-8,11-13,16H,9-10,14H2. The van der Waals surface area contributed by atoms with Crippen molar-refractivity contribution in [2.24, 2.45) is 0 Å². The van der Waals surface area contributed by atoms with E-state index in [1.165, 1.54) is 0 Å². The first-order valence-electron chi connectivity index (χ1n) is 8.36. The van der Waals surface area contributed by atoms with E-state index in [-0.39, 0.29) is 5.91 Å². The quantitative estimate of drug-likeness (QED) is 0.646. The number of imidazole rings is 1. The summed E-state index contributed by atoms with van der Waals surface area (Å²) >= 11 is 6.15. The normalized spacial score (nSPS) is 14.3. The minimum atomic E-state index is 0.00769. The van der Waals surface area contributed by atoms with Crippen LogP contribution in [-0.2, 0) is 11.3 Å². The van der Waals surface area contributed by atoms with Crippen LogP contribution >= 0.6 is 11.6 Å². The number of nitrogens with zero attached hydrogens (tertiary/aromatic N) is 3. The Labute approximate surface area is 151 Å². The van der Waals surface area contributed by atoms with Crippen molar-refractivity contribution in [2.75, 3.05) is 0 Å². The third-order valence-corrected chi connectivity index (χ3v) is 4.75. The maximum Gasteiger partial charge on any atom is 0.247 e. The molecule has 25 heavy (non-hydrogen) atoms. The topological polar surface area (TPSA) is 37.6 Å². The summed E-state index contributed by atoms with van der Waals surface area (Å²) in [6, 6.07) is 13.7. The van der Waals surface area contributed by atoms with Crippen molar-refractivity contribution in [1.29, 1.82) is 0 Å². The van der Waals surface area contributed by atoms with Crippen molar-refractivity contribution < 1.29 is 4.79 Å². The molecule has 0 N–H and O–H groups in total. The van der Waals surface area contributed by atoms with Gasteiger partial charge in [0.15, 0.2) is 0 Å². The number of fused-ring (bicyclic) bond motifs is 1. The summed E-state index contributed by atoms with van der Waals surface area (Å²) in [4.78, 5) is 19.1. The monoisotopic (exact) mass is 351 g/mol. The van der Waals surface area contributed by atoms with Gasteiger partial charge in [0.25, 0.3) is 0 Å². The van der Waals surface area contributed by atoms with Gasteiger partial charge in [-0.2, -0.15) is 0 Å². The second kappa shape index (κ2) is 6.73. The minimum Gasteiger partial charge on any atom is -0.330 e. The maximum atomic E-state index is 12.7. The summed E-state index contributed by atoms with van der Waals surface area (Å²) in [5, 5.41) is 0.645. The molecule has 2 heterocycles. The minimum absolute atomic E-state index is 0.00769. The summed E-state index contributed by atoms with van der Waals surface area (Å²) in [5.41, 5.74) is 2.76. The van der Waals surface area contributed by atoms with Gasteiger partial charge in [-0.05, 0) is 42.7 Å². The lowest BCUT2D eigenvalue weighted by Crippen LogP contribution is -2.31. The van der Waals surface area contributed by atoms with Gasteiger partial charge < -0.3 is 9.30 Å². The van der Waals surface area contributed by atoms with Crippen LogP contribution in [0.1, 0.15) is 24.1 Å².